The van der Waals surface area contributed by atoms with Gasteiger partial charge in [0.2, 0.25) is 11.8 Å². The normalized spacial score (nSPS) is 16.3. The average Bonchev–Trinajstić information content (AvgIpc) is 3.55. The number of fused-ring (bicyclic) bond motifs is 1. The van der Waals surface area contributed by atoms with Gasteiger partial charge >= 0.3 is 6.36 Å². The highest BCUT2D eigenvalue weighted by molar-refractivity contribution is 5.98. The molecule has 1 saturated heterocycles. The lowest BCUT2D eigenvalue weighted by molar-refractivity contribution is -0.274. The summed E-state index contributed by atoms with van der Waals surface area (Å²) in [5, 5.41) is 7.96. The zero-order chi connectivity index (χ0) is 25.6. The molecule has 0 N–H and O–H groups in total. The van der Waals surface area contributed by atoms with E-state index in [2.05, 4.69) is 14.9 Å². The average molecular weight is 499 g/mol. The Morgan fingerprint density at radius 1 is 1.14 bits per heavy atom. The summed E-state index contributed by atoms with van der Waals surface area (Å²) in [5.74, 6) is 1.41. The Morgan fingerprint density at radius 2 is 1.89 bits per heavy atom. The van der Waals surface area contributed by atoms with Crippen LogP contribution in [0.5, 0.6) is 5.75 Å². The monoisotopic (exact) mass is 499 g/mol. The zero-order valence-electron chi connectivity index (χ0n) is 19.9. The van der Waals surface area contributed by atoms with Crippen LogP contribution in [0, 0.1) is 6.92 Å². The molecule has 0 bridgehead atoms. The third-order valence-electron chi connectivity index (χ3n) is 6.14. The van der Waals surface area contributed by atoms with Crippen molar-refractivity contribution in [3.63, 3.8) is 0 Å². The molecule has 1 aliphatic rings. The molecule has 36 heavy (non-hydrogen) atoms. The summed E-state index contributed by atoms with van der Waals surface area (Å²) in [6, 6.07) is 11.0. The maximum atomic E-state index is 13.2. The van der Waals surface area contributed by atoms with Gasteiger partial charge < -0.3 is 14.1 Å². The molecule has 1 amide bonds. The second-order valence-electron chi connectivity index (χ2n) is 9.10. The van der Waals surface area contributed by atoms with Crippen LogP contribution < -0.4 is 4.74 Å². The van der Waals surface area contributed by atoms with Gasteiger partial charge in [0.25, 0.3) is 5.91 Å². The number of aromatic nitrogens is 4. The molecule has 3 heterocycles. The van der Waals surface area contributed by atoms with Gasteiger partial charge in [-0.25, -0.2) is 4.98 Å². The van der Waals surface area contributed by atoms with Crippen molar-refractivity contribution < 1.29 is 27.1 Å². The molecule has 5 rings (SSSR count). The molecule has 0 spiro atoms. The van der Waals surface area contributed by atoms with Crippen molar-refractivity contribution >= 4 is 16.9 Å². The molecule has 1 aliphatic heterocycles. The number of benzene rings is 2. The number of carbonyl (C=O) groups is 1. The fourth-order valence-corrected chi connectivity index (χ4v) is 4.49. The number of likely N-dealkylation sites (tertiary alicyclic amines) is 1. The maximum Gasteiger partial charge on any atom is 0.573 e. The second kappa shape index (κ2) is 8.96. The van der Waals surface area contributed by atoms with Gasteiger partial charge in [0.05, 0.1) is 17.0 Å². The Labute approximate surface area is 204 Å². The Kier molecular flexibility index (Phi) is 5.93. The number of ether oxygens (including phenoxy) is 1. The number of hydrogen-bond donors (Lipinski definition) is 0. The third kappa shape index (κ3) is 4.65. The Hall–Kier alpha value is -3.89. The van der Waals surface area contributed by atoms with Crippen LogP contribution in [0.25, 0.3) is 16.7 Å². The third-order valence-corrected chi connectivity index (χ3v) is 6.14. The first kappa shape index (κ1) is 23.8. The lowest BCUT2D eigenvalue weighted by Gasteiger charge is -2.16. The summed E-state index contributed by atoms with van der Waals surface area (Å²) in [6.45, 7) is 6.78. The fourth-order valence-electron chi connectivity index (χ4n) is 4.49. The van der Waals surface area contributed by atoms with Crippen molar-refractivity contribution in [3.8, 4) is 11.4 Å². The van der Waals surface area contributed by atoms with E-state index in [-0.39, 0.29) is 23.5 Å². The molecule has 1 unspecified atom stereocenters. The molecule has 1 atom stereocenters. The molecule has 2 aromatic heterocycles. The molecular formula is C25H24F3N5O3. The number of halogens is 3. The first-order chi connectivity index (χ1) is 17.1. The lowest BCUT2D eigenvalue weighted by Crippen LogP contribution is -2.28. The van der Waals surface area contributed by atoms with Gasteiger partial charge in [-0.05, 0) is 48.9 Å². The molecule has 0 aliphatic carbocycles. The highest BCUT2D eigenvalue weighted by Crippen LogP contribution is 2.31. The summed E-state index contributed by atoms with van der Waals surface area (Å²) < 4.78 is 49.0. The molecule has 11 heteroatoms. The van der Waals surface area contributed by atoms with E-state index in [1.54, 1.807) is 36.1 Å². The fraction of sp³-hybridized carbons (Fsp3) is 0.360. The van der Waals surface area contributed by atoms with Crippen molar-refractivity contribution in [2.45, 2.75) is 45.4 Å². The summed E-state index contributed by atoms with van der Waals surface area (Å²) in [7, 11) is 0. The first-order valence-corrected chi connectivity index (χ1v) is 11.6. The Bertz CT molecular complexity index is 1410. The molecule has 8 nitrogen and oxygen atoms in total. The van der Waals surface area contributed by atoms with E-state index in [9.17, 15) is 18.0 Å². The topological polar surface area (TPSA) is 86.3 Å². The molecule has 2 aromatic carbocycles. The van der Waals surface area contributed by atoms with Gasteiger partial charge in [-0.15, -0.1) is 23.4 Å². The zero-order valence-corrected chi connectivity index (χ0v) is 19.9. The van der Waals surface area contributed by atoms with Gasteiger partial charge in [-0.2, -0.15) is 0 Å². The van der Waals surface area contributed by atoms with E-state index >= 15 is 0 Å². The first-order valence-electron chi connectivity index (χ1n) is 11.6. The SMILES string of the molecule is Cc1nnc(C2CCN(C(=O)c3ccc4c(c3)nc(C(C)C)n4-c3ccc(OC(F)(F)F)cc3)C2)o1. The highest BCUT2D eigenvalue weighted by Gasteiger charge is 2.32. The van der Waals surface area contributed by atoms with Gasteiger partial charge in [-0.1, -0.05) is 13.8 Å². The van der Waals surface area contributed by atoms with Crippen molar-refractivity contribution in [3.05, 3.63) is 65.6 Å². The number of imidazole rings is 1. The van der Waals surface area contributed by atoms with Gasteiger partial charge in [0, 0.05) is 37.2 Å². The number of carbonyl (C=O) groups excluding carboxylic acids is 1. The molecule has 0 radical (unpaired) electrons. The van der Waals surface area contributed by atoms with Crippen LogP contribution in [0.2, 0.25) is 0 Å². The van der Waals surface area contributed by atoms with Crippen LogP contribution in [-0.4, -0.2) is 50.0 Å². The molecule has 188 valence electrons. The number of hydrogen-bond acceptors (Lipinski definition) is 6. The van der Waals surface area contributed by atoms with Gasteiger partial charge in [-0.3, -0.25) is 9.36 Å². The predicted octanol–water partition coefficient (Wildman–Crippen LogP) is 5.37. The quantitative estimate of drug-likeness (QED) is 0.367. The second-order valence-corrected chi connectivity index (χ2v) is 9.10. The van der Waals surface area contributed by atoms with Crippen LogP contribution >= 0.6 is 0 Å². The van der Waals surface area contributed by atoms with Crippen LogP contribution in [0.15, 0.2) is 46.9 Å². The van der Waals surface area contributed by atoms with E-state index in [1.165, 1.54) is 12.1 Å². The largest absolute Gasteiger partial charge is 0.573 e. The van der Waals surface area contributed by atoms with Crippen molar-refractivity contribution in [1.82, 2.24) is 24.6 Å². The summed E-state index contributed by atoms with van der Waals surface area (Å²) >= 11 is 0. The maximum absolute atomic E-state index is 13.2. The van der Waals surface area contributed by atoms with Crippen molar-refractivity contribution in [2.24, 2.45) is 0 Å². The van der Waals surface area contributed by atoms with Crippen molar-refractivity contribution in [1.29, 1.82) is 0 Å². The van der Waals surface area contributed by atoms with E-state index in [0.717, 1.165) is 17.8 Å². The molecule has 0 saturated carbocycles. The minimum atomic E-state index is -4.76. The standard InChI is InChI=1S/C25H24F3N5O3/c1-14(2)22-29-20-12-16(24(34)32-11-10-17(13-32)23-31-30-15(3)35-23)4-9-21(20)33(22)18-5-7-19(8-6-18)36-25(26,27)28/h4-9,12,14,17H,10-11,13H2,1-3H3. The summed E-state index contributed by atoms with van der Waals surface area (Å²) in [4.78, 5) is 19.8. The van der Waals surface area contributed by atoms with Crippen LogP contribution in [0.3, 0.4) is 0 Å². The smallest absolute Gasteiger partial charge is 0.425 e. The minimum Gasteiger partial charge on any atom is -0.425 e. The predicted molar refractivity (Wildman–Crippen MR) is 124 cm³/mol. The summed E-state index contributed by atoms with van der Waals surface area (Å²) in [5.41, 5.74) is 2.54. The number of alkyl halides is 3. The number of amides is 1. The number of nitrogens with zero attached hydrogens (tertiary/aromatic N) is 5. The Morgan fingerprint density at radius 3 is 2.53 bits per heavy atom. The number of rotatable bonds is 5. The highest BCUT2D eigenvalue weighted by atomic mass is 19.4. The van der Waals surface area contributed by atoms with E-state index < -0.39 is 6.36 Å². The summed E-state index contributed by atoms with van der Waals surface area (Å²) in [6.07, 6.45) is -4.01. The van der Waals surface area contributed by atoms with E-state index in [0.29, 0.717) is 41.6 Å². The molecule has 4 aromatic rings. The lowest BCUT2D eigenvalue weighted by atomic mass is 10.1. The Balaban J connectivity index is 1.43. The van der Waals surface area contributed by atoms with E-state index in [1.807, 2.05) is 24.5 Å². The van der Waals surface area contributed by atoms with Crippen LogP contribution in [0.4, 0.5) is 13.2 Å². The number of aryl methyl sites for hydroxylation is 1. The van der Waals surface area contributed by atoms with Crippen LogP contribution in [0.1, 0.15) is 60.1 Å². The van der Waals surface area contributed by atoms with Gasteiger partial charge in [0.15, 0.2) is 0 Å². The molecule has 1 fully saturated rings. The van der Waals surface area contributed by atoms with Crippen molar-refractivity contribution in [2.75, 3.05) is 13.1 Å². The van der Waals surface area contributed by atoms with Gasteiger partial charge in [0.1, 0.15) is 11.6 Å². The molecular weight excluding hydrogens is 475 g/mol. The van der Waals surface area contributed by atoms with Crippen LogP contribution in [-0.2, 0) is 0 Å². The minimum absolute atomic E-state index is 0.00919. The van der Waals surface area contributed by atoms with E-state index in [4.69, 9.17) is 9.40 Å².